The van der Waals surface area contributed by atoms with Gasteiger partial charge in [-0.05, 0) is 68.0 Å². The summed E-state index contributed by atoms with van der Waals surface area (Å²) in [6.07, 6.45) is 2.97. The Morgan fingerprint density at radius 3 is 2.41 bits per heavy atom. The first kappa shape index (κ1) is 32.6. The average molecular weight is 651 g/mol. The second-order valence-corrected chi connectivity index (χ2v) is 13.9. The molecule has 3 amide bonds. The number of likely N-dealkylation sites (tertiary alicyclic amines) is 2. The number of piperidine rings is 2. The highest BCUT2D eigenvalue weighted by molar-refractivity contribution is 6.33. The molecule has 4 aliphatic heterocycles. The average Bonchev–Trinajstić information content (AvgIpc) is 3.06. The van der Waals surface area contributed by atoms with E-state index in [0.717, 1.165) is 61.4 Å². The number of fused-ring (bicyclic) bond motifs is 2. The number of nitrogens with zero attached hydrogens (tertiary/aromatic N) is 4. The van der Waals surface area contributed by atoms with Crippen molar-refractivity contribution in [3.05, 3.63) is 58.1 Å². The molecular formula is C35H47ClN6O4. The standard InChI is InChI=1S/C35H47ClN6O4/c1-3-25-20-24(21-28(36)32(25)37)22-30(33(44)41-12-8-26(9-13-41)40-18-16-39(2)17-19-40)46-34(45)42-14-10-35(11-15-42)23-31(43)38-29-7-5-4-6-27(29)35/h4-7,20-21,26,30H,3,8-19,22-23,37H2,1-2H3,(H,38,43)/t30-/m1/s1. The van der Waals surface area contributed by atoms with Gasteiger partial charge in [0.05, 0.1) is 10.7 Å². The van der Waals surface area contributed by atoms with Crippen LogP contribution >= 0.6 is 11.6 Å². The number of piperazine rings is 1. The quantitative estimate of drug-likeness (QED) is 0.452. The zero-order chi connectivity index (χ0) is 32.4. The first-order valence-electron chi connectivity index (χ1n) is 16.8. The van der Waals surface area contributed by atoms with Gasteiger partial charge in [-0.1, -0.05) is 42.8 Å². The minimum Gasteiger partial charge on any atom is -0.436 e. The summed E-state index contributed by atoms with van der Waals surface area (Å²) >= 11 is 6.48. The second kappa shape index (κ2) is 13.8. The zero-order valence-corrected chi connectivity index (χ0v) is 27.9. The van der Waals surface area contributed by atoms with E-state index in [1.54, 1.807) is 11.0 Å². The number of amides is 3. The summed E-state index contributed by atoms with van der Waals surface area (Å²) in [4.78, 5) is 48.8. The highest BCUT2D eigenvalue weighted by Gasteiger charge is 2.44. The molecule has 1 spiro atoms. The van der Waals surface area contributed by atoms with E-state index in [0.29, 0.717) is 68.6 Å². The van der Waals surface area contributed by atoms with Crippen molar-refractivity contribution in [2.75, 3.05) is 70.5 Å². The Morgan fingerprint density at radius 1 is 1.02 bits per heavy atom. The van der Waals surface area contributed by atoms with Crippen LogP contribution in [-0.2, 0) is 32.6 Å². The minimum absolute atomic E-state index is 0.00499. The molecule has 248 valence electrons. The molecule has 2 aromatic rings. The van der Waals surface area contributed by atoms with Crippen LogP contribution in [0.3, 0.4) is 0 Å². The molecule has 0 aromatic heterocycles. The fourth-order valence-corrected chi connectivity index (χ4v) is 8.06. The summed E-state index contributed by atoms with van der Waals surface area (Å²) in [5.74, 6) is -0.159. The Hall–Kier alpha value is -3.34. The fourth-order valence-electron chi connectivity index (χ4n) is 7.79. The number of nitrogens with one attached hydrogen (secondary N) is 1. The predicted octanol–water partition coefficient (Wildman–Crippen LogP) is 4.15. The molecule has 3 saturated heterocycles. The summed E-state index contributed by atoms with van der Waals surface area (Å²) < 4.78 is 6.10. The van der Waals surface area contributed by atoms with Crippen LogP contribution in [0.1, 0.15) is 55.7 Å². The van der Waals surface area contributed by atoms with Crippen molar-refractivity contribution in [2.24, 2.45) is 0 Å². The Labute approximate surface area is 277 Å². The van der Waals surface area contributed by atoms with Gasteiger partial charge in [0, 0.05) is 82.3 Å². The van der Waals surface area contributed by atoms with E-state index in [4.69, 9.17) is 22.1 Å². The maximum atomic E-state index is 14.1. The molecule has 10 nitrogen and oxygen atoms in total. The first-order valence-corrected chi connectivity index (χ1v) is 17.2. The maximum absolute atomic E-state index is 14.1. The van der Waals surface area contributed by atoms with Gasteiger partial charge in [0.2, 0.25) is 5.91 Å². The van der Waals surface area contributed by atoms with E-state index >= 15 is 0 Å². The van der Waals surface area contributed by atoms with Crippen LogP contribution in [0.25, 0.3) is 0 Å². The molecule has 3 fully saturated rings. The Balaban J connectivity index is 1.15. The first-order chi connectivity index (χ1) is 22.2. The molecule has 3 N–H and O–H groups in total. The van der Waals surface area contributed by atoms with Crippen molar-refractivity contribution >= 4 is 40.9 Å². The number of halogens is 1. The van der Waals surface area contributed by atoms with E-state index in [2.05, 4.69) is 28.2 Å². The van der Waals surface area contributed by atoms with Crippen LogP contribution in [-0.4, -0.2) is 109 Å². The molecular weight excluding hydrogens is 604 g/mol. The van der Waals surface area contributed by atoms with Crippen LogP contribution < -0.4 is 11.1 Å². The number of aryl methyl sites for hydroxylation is 1. The van der Waals surface area contributed by atoms with Crippen LogP contribution in [0.2, 0.25) is 5.02 Å². The molecule has 0 aliphatic carbocycles. The van der Waals surface area contributed by atoms with Gasteiger partial charge in [0.1, 0.15) is 0 Å². The number of carbonyl (C=O) groups is 3. The summed E-state index contributed by atoms with van der Waals surface area (Å²) in [5.41, 5.74) is 10.1. The molecule has 11 heteroatoms. The Bertz CT molecular complexity index is 1440. The van der Waals surface area contributed by atoms with Crippen LogP contribution in [0.5, 0.6) is 0 Å². The van der Waals surface area contributed by atoms with Gasteiger partial charge in [-0.2, -0.15) is 0 Å². The number of rotatable bonds is 6. The summed E-state index contributed by atoms with van der Waals surface area (Å²) in [5, 5.41) is 3.43. The van der Waals surface area contributed by atoms with Crippen molar-refractivity contribution in [3.8, 4) is 0 Å². The lowest BCUT2D eigenvalue weighted by molar-refractivity contribution is -0.142. The summed E-state index contributed by atoms with van der Waals surface area (Å²) in [6, 6.07) is 12.1. The molecule has 4 heterocycles. The number of nitrogen functional groups attached to an aromatic ring is 1. The Morgan fingerprint density at radius 2 is 1.72 bits per heavy atom. The molecule has 0 unspecified atom stereocenters. The molecule has 1 atom stereocenters. The lowest BCUT2D eigenvalue weighted by atomic mass is 9.68. The summed E-state index contributed by atoms with van der Waals surface area (Å²) in [6.45, 7) is 8.44. The highest BCUT2D eigenvalue weighted by atomic mass is 35.5. The van der Waals surface area contributed by atoms with Crippen molar-refractivity contribution in [3.63, 3.8) is 0 Å². The van der Waals surface area contributed by atoms with Gasteiger partial charge in [0.25, 0.3) is 5.91 Å². The molecule has 0 saturated carbocycles. The summed E-state index contributed by atoms with van der Waals surface area (Å²) in [7, 11) is 2.16. The zero-order valence-electron chi connectivity index (χ0n) is 27.1. The number of carbonyl (C=O) groups excluding carboxylic acids is 3. The maximum Gasteiger partial charge on any atom is 0.410 e. The number of hydrogen-bond donors (Lipinski definition) is 2. The monoisotopic (exact) mass is 650 g/mol. The van der Waals surface area contributed by atoms with Gasteiger partial charge >= 0.3 is 6.09 Å². The SMILES string of the molecule is CCc1cc(C[C@@H](OC(=O)N2CCC3(CC2)CC(=O)Nc2ccccc23)C(=O)N2CCC(N3CCN(C)CC3)CC2)cc(Cl)c1N. The van der Waals surface area contributed by atoms with E-state index in [1.807, 2.05) is 36.1 Å². The lowest BCUT2D eigenvalue weighted by Gasteiger charge is -2.44. The van der Waals surface area contributed by atoms with E-state index in [-0.39, 0.29) is 23.7 Å². The van der Waals surface area contributed by atoms with Crippen molar-refractivity contribution in [1.29, 1.82) is 0 Å². The van der Waals surface area contributed by atoms with Crippen LogP contribution in [0.15, 0.2) is 36.4 Å². The molecule has 4 aliphatic rings. The van der Waals surface area contributed by atoms with Crippen molar-refractivity contribution in [1.82, 2.24) is 19.6 Å². The molecule has 0 bridgehead atoms. The van der Waals surface area contributed by atoms with Crippen molar-refractivity contribution < 1.29 is 19.1 Å². The normalized spacial score (nSPS) is 21.5. The van der Waals surface area contributed by atoms with E-state index in [1.165, 1.54) is 0 Å². The lowest BCUT2D eigenvalue weighted by Crippen LogP contribution is -2.54. The van der Waals surface area contributed by atoms with Gasteiger partial charge < -0.3 is 30.5 Å². The highest BCUT2D eigenvalue weighted by Crippen LogP contribution is 2.45. The smallest absolute Gasteiger partial charge is 0.410 e. The Kier molecular flexibility index (Phi) is 9.77. The predicted molar refractivity (Wildman–Crippen MR) is 180 cm³/mol. The largest absolute Gasteiger partial charge is 0.436 e. The fraction of sp³-hybridized carbons (Fsp3) is 0.571. The third-order valence-corrected chi connectivity index (χ3v) is 11.0. The topological polar surface area (TPSA) is 111 Å². The van der Waals surface area contributed by atoms with Gasteiger partial charge in [-0.3, -0.25) is 14.5 Å². The molecule has 46 heavy (non-hydrogen) atoms. The third kappa shape index (κ3) is 6.85. The van der Waals surface area contributed by atoms with Gasteiger partial charge in [0.15, 0.2) is 6.10 Å². The van der Waals surface area contributed by atoms with Gasteiger partial charge in [-0.25, -0.2) is 4.79 Å². The molecule has 0 radical (unpaired) electrons. The van der Waals surface area contributed by atoms with Crippen LogP contribution in [0.4, 0.5) is 16.2 Å². The van der Waals surface area contributed by atoms with E-state index < -0.39 is 12.2 Å². The number of likely N-dealkylation sites (N-methyl/N-ethyl adjacent to an activating group) is 1. The number of nitrogens with two attached hydrogens (primary N) is 1. The van der Waals surface area contributed by atoms with Crippen LogP contribution in [0, 0.1) is 0 Å². The van der Waals surface area contributed by atoms with E-state index in [9.17, 15) is 14.4 Å². The number of anilines is 2. The number of hydrogen-bond acceptors (Lipinski definition) is 7. The van der Waals surface area contributed by atoms with Gasteiger partial charge in [-0.15, -0.1) is 0 Å². The number of ether oxygens (including phenoxy) is 1. The third-order valence-electron chi connectivity index (χ3n) is 10.7. The number of benzene rings is 2. The molecule has 2 aromatic carbocycles. The second-order valence-electron chi connectivity index (χ2n) is 13.5. The molecule has 6 rings (SSSR count). The van der Waals surface area contributed by atoms with Crippen molar-refractivity contribution in [2.45, 2.75) is 69.4 Å². The number of para-hydroxylation sites is 1. The minimum atomic E-state index is -0.978.